The monoisotopic (exact) mass is 550 g/mol. The number of nitrogens with zero attached hydrogens (tertiary/aromatic N) is 1. The Balaban J connectivity index is 1.60. The lowest BCUT2D eigenvalue weighted by atomic mass is 10.1. The van der Waals surface area contributed by atoms with Gasteiger partial charge in [-0.2, -0.15) is 0 Å². The van der Waals surface area contributed by atoms with Crippen LogP contribution in [0.2, 0.25) is 0 Å². The molecule has 3 aromatic rings. The molecular formula is C29H31FN4O6. The van der Waals surface area contributed by atoms with Gasteiger partial charge < -0.3 is 29.8 Å². The second kappa shape index (κ2) is 11.6. The summed E-state index contributed by atoms with van der Waals surface area (Å²) in [5, 5.41) is 5.37. The highest BCUT2D eigenvalue weighted by Crippen LogP contribution is 2.36. The summed E-state index contributed by atoms with van der Waals surface area (Å²) < 4.78 is 30.5. The topological polar surface area (TPSA) is 132 Å². The van der Waals surface area contributed by atoms with Crippen LogP contribution in [0, 0.1) is 12.7 Å². The van der Waals surface area contributed by atoms with E-state index in [-0.39, 0.29) is 25.3 Å². The van der Waals surface area contributed by atoms with Gasteiger partial charge in [0, 0.05) is 11.3 Å². The van der Waals surface area contributed by atoms with Gasteiger partial charge >= 0.3 is 12.1 Å². The maximum absolute atomic E-state index is 14.3. The van der Waals surface area contributed by atoms with Crippen molar-refractivity contribution in [1.82, 2.24) is 15.3 Å². The van der Waals surface area contributed by atoms with Crippen molar-refractivity contribution in [2.75, 3.05) is 25.1 Å². The molecule has 0 fully saturated rings. The predicted molar refractivity (Wildman–Crippen MR) is 147 cm³/mol. The van der Waals surface area contributed by atoms with Crippen LogP contribution in [0.1, 0.15) is 55.1 Å². The summed E-state index contributed by atoms with van der Waals surface area (Å²) in [6.07, 6.45) is 0.971. The molecule has 11 heteroatoms. The second-order valence-electron chi connectivity index (χ2n) is 10.0. The first-order chi connectivity index (χ1) is 18.9. The summed E-state index contributed by atoms with van der Waals surface area (Å²) >= 11 is 0. The minimum atomic E-state index is -0.627. The molecule has 1 aromatic carbocycles. The van der Waals surface area contributed by atoms with Gasteiger partial charge in [0.05, 0.1) is 41.4 Å². The van der Waals surface area contributed by atoms with Crippen LogP contribution in [-0.4, -0.2) is 53.3 Å². The SMILES string of the molecule is CCOC(=O)c1cc(C)[nH]c1/C=C1\C(=O)Nc2ccc(-c3cc(F)ccc3OCCNC(=O)OC(C)(C)C)nc21. The maximum atomic E-state index is 14.3. The summed E-state index contributed by atoms with van der Waals surface area (Å²) in [7, 11) is 0. The number of aromatic amines is 1. The first-order valence-corrected chi connectivity index (χ1v) is 12.8. The molecular weight excluding hydrogens is 519 g/mol. The Hall–Kier alpha value is -4.67. The van der Waals surface area contributed by atoms with Crippen molar-refractivity contribution in [3.8, 4) is 17.0 Å². The number of aryl methyl sites for hydroxylation is 1. The highest BCUT2D eigenvalue weighted by atomic mass is 19.1. The Kier molecular flexibility index (Phi) is 8.22. The summed E-state index contributed by atoms with van der Waals surface area (Å²) in [4.78, 5) is 44.9. The Labute approximate surface area is 230 Å². The molecule has 40 heavy (non-hydrogen) atoms. The van der Waals surface area contributed by atoms with Crippen molar-refractivity contribution in [3.63, 3.8) is 0 Å². The molecule has 210 valence electrons. The standard InChI is InChI=1S/C29H31FN4O6/c1-6-38-27(36)19-13-16(2)32-23(19)15-20-25-22(34-26(20)35)9-8-21(33-25)18-14-17(30)7-10-24(18)39-12-11-31-28(37)40-29(3,4)5/h7-10,13-15,32H,6,11-12H2,1-5H3,(H,31,37)(H,34,35)/b20-15-. The van der Waals surface area contributed by atoms with Gasteiger partial charge in [-0.15, -0.1) is 0 Å². The van der Waals surface area contributed by atoms with E-state index in [4.69, 9.17) is 14.2 Å². The molecule has 3 heterocycles. The lowest BCUT2D eigenvalue weighted by Gasteiger charge is -2.19. The van der Waals surface area contributed by atoms with Crippen LogP contribution in [0.5, 0.6) is 5.75 Å². The molecule has 0 radical (unpaired) electrons. The Morgan fingerprint density at radius 3 is 2.65 bits per heavy atom. The zero-order valence-electron chi connectivity index (χ0n) is 22.9. The van der Waals surface area contributed by atoms with Crippen LogP contribution in [0.3, 0.4) is 0 Å². The molecule has 4 rings (SSSR count). The molecule has 0 bridgehead atoms. The number of fused-ring (bicyclic) bond motifs is 1. The molecule has 0 saturated heterocycles. The number of H-pyrrole nitrogens is 1. The van der Waals surface area contributed by atoms with Crippen molar-refractivity contribution in [2.24, 2.45) is 0 Å². The number of aromatic nitrogens is 2. The Morgan fingerprint density at radius 2 is 1.93 bits per heavy atom. The lowest BCUT2D eigenvalue weighted by molar-refractivity contribution is -0.110. The number of alkyl carbamates (subject to hydrolysis) is 1. The minimum Gasteiger partial charge on any atom is -0.491 e. The molecule has 3 N–H and O–H groups in total. The Morgan fingerprint density at radius 1 is 1.15 bits per heavy atom. The van der Waals surface area contributed by atoms with E-state index in [1.165, 1.54) is 18.2 Å². The molecule has 0 saturated carbocycles. The van der Waals surface area contributed by atoms with Gasteiger partial charge in [-0.3, -0.25) is 4.79 Å². The van der Waals surface area contributed by atoms with Crippen LogP contribution >= 0.6 is 0 Å². The van der Waals surface area contributed by atoms with Crippen LogP contribution in [0.15, 0.2) is 36.4 Å². The third-order valence-corrected chi connectivity index (χ3v) is 5.66. The molecule has 1 aliphatic rings. The summed E-state index contributed by atoms with van der Waals surface area (Å²) in [6.45, 7) is 9.26. The fourth-order valence-corrected chi connectivity index (χ4v) is 4.05. The number of esters is 1. The quantitative estimate of drug-likeness (QED) is 0.202. The van der Waals surface area contributed by atoms with Crippen molar-refractivity contribution in [2.45, 2.75) is 40.2 Å². The van der Waals surface area contributed by atoms with E-state index in [1.54, 1.807) is 58.9 Å². The number of amides is 2. The number of hydrogen-bond donors (Lipinski definition) is 3. The zero-order valence-corrected chi connectivity index (χ0v) is 22.9. The van der Waals surface area contributed by atoms with Crippen LogP contribution < -0.4 is 15.4 Å². The number of hydrogen-bond acceptors (Lipinski definition) is 7. The molecule has 0 spiro atoms. The van der Waals surface area contributed by atoms with Crippen molar-refractivity contribution in [1.29, 1.82) is 0 Å². The fraction of sp³-hybridized carbons (Fsp3) is 0.310. The highest BCUT2D eigenvalue weighted by Gasteiger charge is 2.28. The molecule has 0 atom stereocenters. The first kappa shape index (κ1) is 28.3. The average molecular weight is 551 g/mol. The number of pyridine rings is 1. The van der Waals surface area contributed by atoms with E-state index in [2.05, 4.69) is 20.6 Å². The van der Waals surface area contributed by atoms with E-state index in [1.807, 2.05) is 0 Å². The molecule has 1 aliphatic heterocycles. The van der Waals surface area contributed by atoms with E-state index in [0.717, 1.165) is 5.69 Å². The van der Waals surface area contributed by atoms with E-state index < -0.39 is 29.4 Å². The molecule has 10 nitrogen and oxygen atoms in total. The third-order valence-electron chi connectivity index (χ3n) is 5.66. The second-order valence-corrected chi connectivity index (χ2v) is 10.0. The summed E-state index contributed by atoms with van der Waals surface area (Å²) in [6, 6.07) is 8.98. The number of anilines is 1. The van der Waals surface area contributed by atoms with Crippen LogP contribution in [-0.2, 0) is 14.3 Å². The van der Waals surface area contributed by atoms with Crippen molar-refractivity contribution in [3.05, 3.63) is 64.9 Å². The maximum Gasteiger partial charge on any atom is 0.407 e. The van der Waals surface area contributed by atoms with Gasteiger partial charge in [-0.25, -0.2) is 19.0 Å². The summed E-state index contributed by atoms with van der Waals surface area (Å²) in [5.74, 6) is -1.07. The molecule has 2 amide bonds. The van der Waals surface area contributed by atoms with E-state index in [9.17, 15) is 18.8 Å². The average Bonchev–Trinajstić information content (AvgIpc) is 3.40. The van der Waals surface area contributed by atoms with Gasteiger partial charge in [0.15, 0.2) is 0 Å². The van der Waals surface area contributed by atoms with Gasteiger partial charge in [-0.1, -0.05) is 0 Å². The predicted octanol–water partition coefficient (Wildman–Crippen LogP) is 5.10. The van der Waals surface area contributed by atoms with Gasteiger partial charge in [0.1, 0.15) is 29.5 Å². The summed E-state index contributed by atoms with van der Waals surface area (Å²) in [5.41, 5.74) is 2.57. The molecule has 2 aromatic heterocycles. The van der Waals surface area contributed by atoms with Gasteiger partial charge in [0.2, 0.25) is 0 Å². The van der Waals surface area contributed by atoms with Gasteiger partial charge in [0.25, 0.3) is 5.91 Å². The van der Waals surface area contributed by atoms with E-state index in [0.29, 0.717) is 39.6 Å². The van der Waals surface area contributed by atoms with Gasteiger partial charge in [-0.05, 0) is 77.1 Å². The van der Waals surface area contributed by atoms with E-state index >= 15 is 0 Å². The third kappa shape index (κ3) is 6.66. The highest BCUT2D eigenvalue weighted by molar-refractivity contribution is 6.34. The lowest BCUT2D eigenvalue weighted by Crippen LogP contribution is -2.34. The Bertz CT molecular complexity index is 1490. The normalized spacial score (nSPS) is 13.6. The minimum absolute atomic E-state index is 0.0941. The van der Waals surface area contributed by atoms with Crippen LogP contribution in [0.4, 0.5) is 14.9 Å². The largest absolute Gasteiger partial charge is 0.491 e. The van der Waals surface area contributed by atoms with Crippen molar-refractivity contribution >= 4 is 35.3 Å². The number of halogens is 1. The molecule has 0 aliphatic carbocycles. The fourth-order valence-electron chi connectivity index (χ4n) is 4.05. The number of ether oxygens (including phenoxy) is 3. The number of nitrogens with one attached hydrogen (secondary N) is 3. The number of carbonyl (C=O) groups excluding carboxylic acids is 3. The zero-order chi connectivity index (χ0) is 29.0. The smallest absolute Gasteiger partial charge is 0.407 e. The first-order valence-electron chi connectivity index (χ1n) is 12.8. The molecule has 0 unspecified atom stereocenters. The number of carbonyl (C=O) groups is 3. The van der Waals surface area contributed by atoms with Crippen molar-refractivity contribution < 1.29 is 33.0 Å². The van der Waals surface area contributed by atoms with Crippen LogP contribution in [0.25, 0.3) is 22.9 Å². The number of benzene rings is 1. The number of rotatable bonds is 8.